The van der Waals surface area contributed by atoms with E-state index in [4.69, 9.17) is 0 Å². The quantitative estimate of drug-likeness (QED) is 0.880. The minimum absolute atomic E-state index is 0.0615. The molecule has 7 heteroatoms. The van der Waals surface area contributed by atoms with Crippen molar-refractivity contribution < 1.29 is 18.0 Å². The minimum atomic E-state index is -3.99. The van der Waals surface area contributed by atoms with Gasteiger partial charge in [-0.3, -0.25) is 9.59 Å². The Morgan fingerprint density at radius 1 is 1.04 bits per heavy atom. The average Bonchev–Trinajstić information content (AvgIpc) is 3.06. The van der Waals surface area contributed by atoms with Crippen LogP contribution in [0.25, 0.3) is 0 Å². The van der Waals surface area contributed by atoms with Crippen molar-refractivity contribution in [3.05, 3.63) is 76.9 Å². The normalized spacial score (nSPS) is 19.2. The van der Waals surface area contributed by atoms with E-state index in [0.29, 0.717) is 5.57 Å². The fourth-order valence-electron chi connectivity index (χ4n) is 3.29. The Kier molecular flexibility index (Phi) is 3.52. The number of nitrogens with one attached hydrogen (secondary N) is 1. The topological polar surface area (TPSA) is 85.2 Å². The number of benzene rings is 1. The highest BCUT2D eigenvalue weighted by Crippen LogP contribution is 2.33. The minimum Gasteiger partial charge on any atom is -0.358 e. The van der Waals surface area contributed by atoms with Crippen LogP contribution >= 0.6 is 0 Å². The largest absolute Gasteiger partial charge is 0.358 e. The molecule has 132 valence electrons. The summed E-state index contributed by atoms with van der Waals surface area (Å²) in [7, 11) is -3.99. The number of fused-ring (bicyclic) bond motifs is 1. The number of carbonyl (C=O) groups excluding carboxylic acids is 2. The van der Waals surface area contributed by atoms with Crippen molar-refractivity contribution >= 4 is 21.6 Å². The van der Waals surface area contributed by atoms with E-state index >= 15 is 0 Å². The number of Topliss-reactive ketones (excluding diaryl/α,β-unsaturated/α-hetero) is 2. The summed E-state index contributed by atoms with van der Waals surface area (Å²) < 4.78 is 26.9. The number of hydrogen-bond donors (Lipinski definition) is 1. The van der Waals surface area contributed by atoms with Crippen LogP contribution in [0.2, 0.25) is 0 Å². The van der Waals surface area contributed by atoms with Gasteiger partial charge in [0, 0.05) is 17.7 Å². The van der Waals surface area contributed by atoms with E-state index in [1.54, 1.807) is 24.4 Å². The van der Waals surface area contributed by atoms with Crippen molar-refractivity contribution in [2.24, 2.45) is 5.92 Å². The monoisotopic (exact) mass is 368 g/mol. The van der Waals surface area contributed by atoms with Crippen molar-refractivity contribution in [3.8, 4) is 0 Å². The zero-order chi connectivity index (χ0) is 18.6. The predicted molar refractivity (Wildman–Crippen MR) is 95.3 cm³/mol. The van der Waals surface area contributed by atoms with Crippen LogP contribution in [-0.2, 0) is 10.0 Å². The second-order valence-corrected chi connectivity index (χ2v) is 8.25. The molecule has 1 aliphatic carbocycles. The molecular weight excluding hydrogens is 352 g/mol. The van der Waals surface area contributed by atoms with E-state index in [9.17, 15) is 18.0 Å². The maximum atomic E-state index is 13.0. The number of ketones is 2. The predicted octanol–water partition coefficient (Wildman–Crippen LogP) is 2.42. The smallest absolute Gasteiger partial charge is 0.268 e. The molecule has 6 nitrogen and oxygen atoms in total. The van der Waals surface area contributed by atoms with Crippen LogP contribution < -0.4 is 5.32 Å². The van der Waals surface area contributed by atoms with Gasteiger partial charge in [-0.1, -0.05) is 30.7 Å². The molecule has 1 aromatic carbocycles. The zero-order valence-electron chi connectivity index (χ0n) is 14.2. The molecule has 1 aliphatic heterocycles. The average molecular weight is 368 g/mol. The molecule has 0 spiro atoms. The van der Waals surface area contributed by atoms with Crippen molar-refractivity contribution in [3.63, 3.8) is 0 Å². The summed E-state index contributed by atoms with van der Waals surface area (Å²) >= 11 is 0. The summed E-state index contributed by atoms with van der Waals surface area (Å²) in [5, 5.41) is 2.81. The van der Waals surface area contributed by atoms with Gasteiger partial charge in [-0.25, -0.2) is 12.4 Å². The molecule has 2 aliphatic rings. The Bertz CT molecular complexity index is 1120. The number of rotatable bonds is 2. The van der Waals surface area contributed by atoms with Gasteiger partial charge in [0.1, 0.15) is 5.69 Å². The number of aromatic nitrogens is 1. The summed E-state index contributed by atoms with van der Waals surface area (Å²) in [6.07, 6.45) is 4.66. The van der Waals surface area contributed by atoms with Gasteiger partial charge in [-0.15, -0.1) is 0 Å². The molecule has 0 saturated carbocycles. The number of nitrogens with zero attached hydrogens (tertiary/aromatic N) is 1. The SMILES string of the molecule is Cc1ccc(S(=O)(=O)n2ccc3c2C(=O)C2=C(C3=O)C(C)C=CN2)cc1. The lowest BCUT2D eigenvalue weighted by Crippen LogP contribution is -2.34. The summed E-state index contributed by atoms with van der Waals surface area (Å²) in [6.45, 7) is 3.68. The highest BCUT2D eigenvalue weighted by atomic mass is 32.2. The molecule has 0 bridgehead atoms. The number of allylic oxidation sites excluding steroid dienone is 3. The molecule has 4 rings (SSSR count). The third-order valence-corrected chi connectivity index (χ3v) is 6.39. The second kappa shape index (κ2) is 5.54. The van der Waals surface area contributed by atoms with Crippen molar-refractivity contribution in [2.45, 2.75) is 18.7 Å². The van der Waals surface area contributed by atoms with Crippen LogP contribution in [0.3, 0.4) is 0 Å². The number of dihydropyridines is 1. The fraction of sp³-hybridized carbons (Fsp3) is 0.158. The zero-order valence-corrected chi connectivity index (χ0v) is 15.0. The van der Waals surface area contributed by atoms with Gasteiger partial charge >= 0.3 is 0 Å². The molecule has 2 aromatic rings. The molecule has 0 radical (unpaired) electrons. The van der Waals surface area contributed by atoms with Crippen LogP contribution in [0, 0.1) is 12.8 Å². The maximum Gasteiger partial charge on any atom is 0.268 e. The van der Waals surface area contributed by atoms with Gasteiger partial charge in [0.2, 0.25) is 5.78 Å². The highest BCUT2D eigenvalue weighted by molar-refractivity contribution is 7.90. The van der Waals surface area contributed by atoms with Gasteiger partial charge in [0.25, 0.3) is 10.0 Å². The lowest BCUT2D eigenvalue weighted by molar-refractivity contribution is 0.0959. The summed E-state index contributed by atoms with van der Waals surface area (Å²) in [4.78, 5) is 25.9. The van der Waals surface area contributed by atoms with Crippen LogP contribution in [0.1, 0.15) is 33.3 Å². The van der Waals surface area contributed by atoms with E-state index < -0.39 is 15.8 Å². The first-order valence-corrected chi connectivity index (χ1v) is 9.56. The van der Waals surface area contributed by atoms with Crippen LogP contribution in [0.15, 0.2) is 65.0 Å². The Morgan fingerprint density at radius 3 is 2.42 bits per heavy atom. The molecule has 1 atom stereocenters. The van der Waals surface area contributed by atoms with Crippen LogP contribution in [0.5, 0.6) is 0 Å². The molecule has 26 heavy (non-hydrogen) atoms. The van der Waals surface area contributed by atoms with Crippen molar-refractivity contribution in [1.82, 2.24) is 9.29 Å². The van der Waals surface area contributed by atoms with E-state index in [-0.39, 0.29) is 33.6 Å². The number of aryl methyl sites for hydroxylation is 1. The highest BCUT2D eigenvalue weighted by Gasteiger charge is 2.39. The molecule has 0 saturated heterocycles. The van der Waals surface area contributed by atoms with Gasteiger partial charge in [0.05, 0.1) is 16.2 Å². The van der Waals surface area contributed by atoms with Crippen LogP contribution in [0.4, 0.5) is 0 Å². The molecule has 1 unspecified atom stereocenters. The van der Waals surface area contributed by atoms with Crippen molar-refractivity contribution in [1.29, 1.82) is 0 Å². The third kappa shape index (κ3) is 2.20. The summed E-state index contributed by atoms with van der Waals surface area (Å²) in [5.74, 6) is -1.03. The Morgan fingerprint density at radius 2 is 1.73 bits per heavy atom. The summed E-state index contributed by atoms with van der Waals surface area (Å²) in [6, 6.07) is 7.74. The lowest BCUT2D eigenvalue weighted by atomic mass is 9.83. The molecule has 1 N–H and O–H groups in total. The van der Waals surface area contributed by atoms with Crippen LogP contribution in [-0.4, -0.2) is 24.0 Å². The van der Waals surface area contributed by atoms with Gasteiger partial charge in [0.15, 0.2) is 5.78 Å². The third-order valence-electron chi connectivity index (χ3n) is 4.70. The Balaban J connectivity index is 1.89. The molecular formula is C19H16N2O4S. The second-order valence-electron chi connectivity index (χ2n) is 6.43. The maximum absolute atomic E-state index is 13.0. The number of hydrogen-bond acceptors (Lipinski definition) is 5. The molecule has 1 aromatic heterocycles. The van der Waals surface area contributed by atoms with Gasteiger partial charge < -0.3 is 5.32 Å². The van der Waals surface area contributed by atoms with E-state index in [2.05, 4.69) is 5.32 Å². The van der Waals surface area contributed by atoms with E-state index in [1.165, 1.54) is 24.4 Å². The van der Waals surface area contributed by atoms with E-state index in [0.717, 1.165) is 9.54 Å². The van der Waals surface area contributed by atoms with Crippen molar-refractivity contribution in [2.75, 3.05) is 0 Å². The first kappa shape index (κ1) is 16.5. The fourth-order valence-corrected chi connectivity index (χ4v) is 4.64. The van der Waals surface area contributed by atoms with Gasteiger partial charge in [-0.05, 0) is 31.3 Å². The number of carbonyl (C=O) groups is 2. The first-order chi connectivity index (χ1) is 12.3. The van der Waals surface area contributed by atoms with Gasteiger partial charge in [-0.2, -0.15) is 0 Å². The Hall–Kier alpha value is -2.93. The molecule has 0 amide bonds. The molecule has 0 fully saturated rings. The first-order valence-electron chi connectivity index (χ1n) is 8.12. The lowest BCUT2D eigenvalue weighted by Gasteiger charge is -2.25. The standard InChI is InChI=1S/C19H16N2O4S/c1-11-3-5-13(6-4-11)26(24,25)21-10-8-14-17(21)19(23)16-15(18(14)22)12(2)7-9-20-16/h3-10,12,20H,1-2H3. The Labute approximate surface area is 150 Å². The summed E-state index contributed by atoms with van der Waals surface area (Å²) in [5.41, 5.74) is 1.44. The molecule has 2 heterocycles. The van der Waals surface area contributed by atoms with E-state index in [1.807, 2.05) is 13.8 Å².